The van der Waals surface area contributed by atoms with E-state index in [1.807, 2.05) is 36.4 Å². The molecule has 0 aliphatic rings. The molecule has 0 atom stereocenters. The highest BCUT2D eigenvalue weighted by atomic mass is 15.1. The van der Waals surface area contributed by atoms with Crippen molar-refractivity contribution in [1.82, 2.24) is 14.5 Å². The maximum absolute atomic E-state index is 9.66. The molecule has 0 amide bonds. The molecule has 0 fully saturated rings. The molecule has 80 heavy (non-hydrogen) atoms. The number of aryl methyl sites for hydroxylation is 1. The second kappa shape index (κ2) is 21.1. The highest BCUT2D eigenvalue weighted by Gasteiger charge is 2.21. The number of anilines is 6. The van der Waals surface area contributed by atoms with Crippen LogP contribution in [-0.4, -0.2) is 14.5 Å². The minimum atomic E-state index is 0.502. The molecule has 0 aliphatic carbocycles. The first kappa shape index (κ1) is 48.5. The molecule has 0 saturated carbocycles. The number of nitriles is 2. The predicted molar refractivity (Wildman–Crippen MR) is 327 cm³/mol. The summed E-state index contributed by atoms with van der Waals surface area (Å²) in [4.78, 5) is 14.6. The Labute approximate surface area is 465 Å². The van der Waals surface area contributed by atoms with Crippen molar-refractivity contribution in [3.05, 3.63) is 296 Å². The monoisotopic (exact) mass is 1020 g/mol. The van der Waals surface area contributed by atoms with E-state index in [-0.39, 0.29) is 0 Å². The summed E-state index contributed by atoms with van der Waals surface area (Å²) in [6, 6.07) is 101. The Kier molecular flexibility index (Phi) is 12.8. The molecule has 13 aromatic rings. The van der Waals surface area contributed by atoms with Gasteiger partial charge in [-0.25, -0.2) is 9.97 Å². The van der Waals surface area contributed by atoms with Gasteiger partial charge in [0.15, 0.2) is 5.82 Å². The largest absolute Gasteiger partial charge is 0.310 e. The molecule has 2 aromatic heterocycles. The van der Waals surface area contributed by atoms with Crippen molar-refractivity contribution in [2.24, 2.45) is 0 Å². The van der Waals surface area contributed by atoms with E-state index in [0.29, 0.717) is 22.6 Å². The molecule has 0 radical (unpaired) electrons. The van der Waals surface area contributed by atoms with Crippen molar-refractivity contribution < 1.29 is 0 Å². The summed E-state index contributed by atoms with van der Waals surface area (Å²) >= 11 is 0. The van der Waals surface area contributed by atoms with Crippen LogP contribution in [0, 0.1) is 29.6 Å². The lowest BCUT2D eigenvalue weighted by atomic mass is 9.97. The fourth-order valence-corrected chi connectivity index (χ4v) is 10.9. The van der Waals surface area contributed by atoms with E-state index in [9.17, 15) is 10.5 Å². The molecule has 0 spiro atoms. The Bertz CT molecular complexity index is 4190. The van der Waals surface area contributed by atoms with Crippen LogP contribution in [0.1, 0.15) is 16.7 Å². The minimum Gasteiger partial charge on any atom is -0.310 e. The third-order valence-corrected chi connectivity index (χ3v) is 14.7. The Hall–Kier alpha value is -11.1. The summed E-state index contributed by atoms with van der Waals surface area (Å²) in [7, 11) is 0. The van der Waals surface area contributed by atoms with E-state index in [1.54, 1.807) is 18.2 Å². The van der Waals surface area contributed by atoms with Gasteiger partial charge in [-0.15, -0.1) is 0 Å². The number of fused-ring (bicyclic) bond motifs is 3. The molecule has 0 saturated heterocycles. The average Bonchev–Trinajstić information content (AvgIpc) is 4.08. The molecule has 0 aliphatic heterocycles. The lowest BCUT2D eigenvalue weighted by Gasteiger charge is -2.26. The maximum atomic E-state index is 9.66. The fourth-order valence-electron chi connectivity index (χ4n) is 10.9. The van der Waals surface area contributed by atoms with Crippen LogP contribution in [0.4, 0.5) is 34.1 Å². The second-order valence-electron chi connectivity index (χ2n) is 19.8. The quantitative estimate of drug-likeness (QED) is 0.121. The van der Waals surface area contributed by atoms with E-state index in [0.717, 1.165) is 112 Å². The number of nitrogens with zero attached hydrogens (tertiary/aromatic N) is 7. The standard InChI is InChI=1S/C73H49N7/c1-50-42-57(55-30-28-53(29-31-55)54-32-34-56(35-33-54)68-47-69(58-18-14-16-51(43-58)48-74)77-73(76-68)59-19-15-17-52(44-59)49-75)36-39-70(50)80-71-40-37-64(78(60-20-6-2-7-21-60)61-22-8-3-9-23-61)45-66(71)67-46-65(38-41-72(67)80)79(62-24-10-4-11-25-62)63-26-12-5-13-27-63/h2-47H,1H3. The molecule has 7 heteroatoms. The Morgan fingerprint density at radius 1 is 0.325 bits per heavy atom. The highest BCUT2D eigenvalue weighted by molar-refractivity contribution is 6.12. The molecule has 11 aromatic carbocycles. The van der Waals surface area contributed by atoms with Crippen LogP contribution in [0.3, 0.4) is 0 Å². The van der Waals surface area contributed by atoms with Gasteiger partial charge in [0.2, 0.25) is 0 Å². The normalized spacial score (nSPS) is 11.0. The van der Waals surface area contributed by atoms with Gasteiger partial charge in [0, 0.05) is 67.3 Å². The molecule has 0 N–H and O–H groups in total. The first-order chi connectivity index (χ1) is 39.5. The lowest BCUT2D eigenvalue weighted by Crippen LogP contribution is -2.09. The number of rotatable bonds is 12. The number of para-hydroxylation sites is 4. The maximum Gasteiger partial charge on any atom is 0.160 e. The third-order valence-electron chi connectivity index (χ3n) is 14.7. The zero-order valence-electron chi connectivity index (χ0n) is 43.7. The number of hydrogen-bond donors (Lipinski definition) is 0. The van der Waals surface area contributed by atoms with Crippen molar-refractivity contribution in [1.29, 1.82) is 10.5 Å². The minimum absolute atomic E-state index is 0.502. The zero-order chi connectivity index (χ0) is 53.9. The first-order valence-electron chi connectivity index (χ1n) is 26.6. The Balaban J connectivity index is 0.852. The molecule has 2 heterocycles. The Morgan fingerprint density at radius 2 is 0.725 bits per heavy atom. The van der Waals surface area contributed by atoms with Crippen molar-refractivity contribution in [2.75, 3.05) is 9.80 Å². The van der Waals surface area contributed by atoms with Crippen LogP contribution in [-0.2, 0) is 0 Å². The van der Waals surface area contributed by atoms with Gasteiger partial charge < -0.3 is 14.4 Å². The van der Waals surface area contributed by atoms with E-state index in [1.165, 1.54) is 0 Å². The summed E-state index contributed by atoms with van der Waals surface area (Å²) in [5, 5.41) is 21.6. The van der Waals surface area contributed by atoms with Crippen molar-refractivity contribution >= 4 is 55.9 Å². The van der Waals surface area contributed by atoms with E-state index in [2.05, 4.69) is 258 Å². The average molecular weight is 1020 g/mol. The topological polar surface area (TPSA) is 84.8 Å². The summed E-state index contributed by atoms with van der Waals surface area (Å²) < 4.78 is 2.43. The van der Waals surface area contributed by atoms with Crippen molar-refractivity contribution in [2.45, 2.75) is 6.92 Å². The molecule has 0 unspecified atom stereocenters. The van der Waals surface area contributed by atoms with Crippen molar-refractivity contribution in [3.63, 3.8) is 0 Å². The summed E-state index contributed by atoms with van der Waals surface area (Å²) in [5.74, 6) is 0.502. The second-order valence-corrected chi connectivity index (χ2v) is 19.8. The van der Waals surface area contributed by atoms with Crippen molar-refractivity contribution in [3.8, 4) is 74.0 Å². The van der Waals surface area contributed by atoms with Crippen LogP contribution in [0.25, 0.3) is 83.6 Å². The summed E-state index contributed by atoms with van der Waals surface area (Å²) in [6.45, 7) is 2.21. The van der Waals surface area contributed by atoms with Gasteiger partial charge in [-0.3, -0.25) is 0 Å². The van der Waals surface area contributed by atoms with E-state index < -0.39 is 0 Å². The molecule has 7 nitrogen and oxygen atoms in total. The first-order valence-corrected chi connectivity index (χ1v) is 26.6. The number of hydrogen-bond acceptors (Lipinski definition) is 6. The van der Waals surface area contributed by atoms with Gasteiger partial charge in [0.25, 0.3) is 0 Å². The van der Waals surface area contributed by atoms with Gasteiger partial charge >= 0.3 is 0 Å². The zero-order valence-corrected chi connectivity index (χ0v) is 43.7. The molecular formula is C73H49N7. The van der Waals surface area contributed by atoms with E-state index >= 15 is 0 Å². The van der Waals surface area contributed by atoms with E-state index in [4.69, 9.17) is 9.97 Å². The van der Waals surface area contributed by atoms with Crippen LogP contribution in [0.5, 0.6) is 0 Å². The predicted octanol–water partition coefficient (Wildman–Crippen LogP) is 18.9. The van der Waals surface area contributed by atoms with Gasteiger partial charge in [-0.05, 0) is 162 Å². The van der Waals surface area contributed by atoms with Crippen LogP contribution >= 0.6 is 0 Å². The SMILES string of the molecule is Cc1cc(-c2ccc(-c3ccc(-c4cc(-c5cccc(C#N)c5)nc(-c5cccc(C#N)c5)n4)cc3)cc2)ccc1-n1c2ccc(N(c3ccccc3)c3ccccc3)cc2c2cc(N(c3ccccc3)c3ccccc3)ccc21. The third kappa shape index (κ3) is 9.38. The molecular weight excluding hydrogens is 975 g/mol. The smallest absolute Gasteiger partial charge is 0.160 e. The van der Waals surface area contributed by atoms with Crippen LogP contribution in [0.2, 0.25) is 0 Å². The van der Waals surface area contributed by atoms with Gasteiger partial charge in [0.1, 0.15) is 0 Å². The highest BCUT2D eigenvalue weighted by Crippen LogP contribution is 2.44. The lowest BCUT2D eigenvalue weighted by molar-refractivity contribution is 1.15. The van der Waals surface area contributed by atoms with Crippen LogP contribution in [0.15, 0.2) is 279 Å². The van der Waals surface area contributed by atoms with Gasteiger partial charge in [-0.1, -0.05) is 152 Å². The molecule has 13 rings (SSSR count). The van der Waals surface area contributed by atoms with Gasteiger partial charge in [-0.2, -0.15) is 10.5 Å². The van der Waals surface area contributed by atoms with Crippen LogP contribution < -0.4 is 9.80 Å². The number of aromatic nitrogens is 3. The number of benzene rings is 11. The fraction of sp³-hybridized carbons (Fsp3) is 0.0137. The summed E-state index contributed by atoms with van der Waals surface area (Å²) in [6.07, 6.45) is 0. The molecule has 376 valence electrons. The van der Waals surface area contributed by atoms with Gasteiger partial charge in [0.05, 0.1) is 45.7 Å². The Morgan fingerprint density at radius 3 is 1.18 bits per heavy atom. The summed E-state index contributed by atoms with van der Waals surface area (Å²) in [5.41, 5.74) is 20.4. The molecule has 0 bridgehead atoms.